The summed E-state index contributed by atoms with van der Waals surface area (Å²) in [5.74, 6) is 0.811. The number of hydrogen-bond acceptors (Lipinski definition) is 5. The van der Waals surface area contributed by atoms with E-state index in [1.165, 1.54) is 0 Å². The second-order valence-corrected chi connectivity index (χ2v) is 7.80. The van der Waals surface area contributed by atoms with E-state index in [9.17, 15) is 4.79 Å². The standard InChI is InChI=1S/C27H23N5O3/c1-34-26-13-19(11-12-25(26)35-17-18-7-3-2-4-8-18)23-14-24(31-30-23)27(33)32-29-16-20-15-28-22-10-6-5-9-21(20)22/h2-16,28H,17H2,1H3,(H,30,31)(H,32,33). The van der Waals surface area contributed by atoms with E-state index in [2.05, 4.69) is 25.7 Å². The molecule has 2 aromatic heterocycles. The van der Waals surface area contributed by atoms with Gasteiger partial charge in [-0.3, -0.25) is 9.89 Å². The summed E-state index contributed by atoms with van der Waals surface area (Å²) in [4.78, 5) is 15.7. The van der Waals surface area contributed by atoms with Crippen LogP contribution in [-0.2, 0) is 6.61 Å². The molecule has 0 aliphatic carbocycles. The van der Waals surface area contributed by atoms with Gasteiger partial charge in [0.1, 0.15) is 12.3 Å². The number of para-hydroxylation sites is 1. The highest BCUT2D eigenvalue weighted by molar-refractivity contribution is 6.00. The van der Waals surface area contributed by atoms with Crippen LogP contribution in [0, 0.1) is 0 Å². The predicted molar refractivity (Wildman–Crippen MR) is 135 cm³/mol. The summed E-state index contributed by atoms with van der Waals surface area (Å²) in [5.41, 5.74) is 7.16. The van der Waals surface area contributed by atoms with Crippen molar-refractivity contribution in [3.63, 3.8) is 0 Å². The number of aromatic amines is 2. The number of benzene rings is 3. The molecule has 0 bridgehead atoms. The van der Waals surface area contributed by atoms with Crippen LogP contribution in [0.1, 0.15) is 21.6 Å². The lowest BCUT2D eigenvalue weighted by Crippen LogP contribution is -2.17. The molecule has 5 rings (SSSR count). The van der Waals surface area contributed by atoms with Gasteiger partial charge in [0.25, 0.3) is 5.91 Å². The normalized spacial score (nSPS) is 11.1. The molecule has 0 saturated carbocycles. The molecule has 0 spiro atoms. The van der Waals surface area contributed by atoms with Crippen molar-refractivity contribution in [3.8, 4) is 22.8 Å². The van der Waals surface area contributed by atoms with E-state index in [4.69, 9.17) is 9.47 Å². The van der Waals surface area contributed by atoms with Crippen molar-refractivity contribution in [2.45, 2.75) is 6.61 Å². The molecule has 0 aliphatic rings. The third-order valence-corrected chi connectivity index (χ3v) is 5.51. The van der Waals surface area contributed by atoms with E-state index in [1.807, 2.05) is 79.0 Å². The molecule has 3 N–H and O–H groups in total. The molecule has 5 aromatic rings. The van der Waals surface area contributed by atoms with Crippen LogP contribution >= 0.6 is 0 Å². The zero-order valence-electron chi connectivity index (χ0n) is 19.0. The molecule has 35 heavy (non-hydrogen) atoms. The number of hydrazone groups is 1. The van der Waals surface area contributed by atoms with Gasteiger partial charge in [-0.05, 0) is 35.9 Å². The number of rotatable bonds is 8. The third-order valence-electron chi connectivity index (χ3n) is 5.51. The lowest BCUT2D eigenvalue weighted by molar-refractivity contribution is 0.0950. The maximum atomic E-state index is 12.5. The maximum Gasteiger partial charge on any atom is 0.289 e. The van der Waals surface area contributed by atoms with Gasteiger partial charge in [0.05, 0.1) is 19.0 Å². The SMILES string of the molecule is COc1cc(-c2cc(C(=O)NN=Cc3c[nH]c4ccccc34)[nH]n2)ccc1OCc1ccccc1. The zero-order chi connectivity index (χ0) is 24.0. The number of H-pyrrole nitrogens is 2. The van der Waals surface area contributed by atoms with Crippen LogP contribution in [0.15, 0.2) is 90.2 Å². The minimum Gasteiger partial charge on any atom is -0.493 e. The Morgan fingerprint density at radius 3 is 2.71 bits per heavy atom. The van der Waals surface area contributed by atoms with Gasteiger partial charge in [-0.1, -0.05) is 48.5 Å². The van der Waals surface area contributed by atoms with Gasteiger partial charge in [0.15, 0.2) is 11.5 Å². The number of methoxy groups -OCH3 is 1. The zero-order valence-corrected chi connectivity index (χ0v) is 19.0. The summed E-state index contributed by atoms with van der Waals surface area (Å²) < 4.78 is 11.4. The van der Waals surface area contributed by atoms with Gasteiger partial charge in [0.2, 0.25) is 0 Å². The minimum absolute atomic E-state index is 0.291. The molecular weight excluding hydrogens is 442 g/mol. The summed E-state index contributed by atoms with van der Waals surface area (Å²) in [6.07, 6.45) is 3.45. The van der Waals surface area contributed by atoms with E-state index in [1.54, 1.807) is 19.4 Å². The average molecular weight is 466 g/mol. The second kappa shape index (κ2) is 9.96. The van der Waals surface area contributed by atoms with Gasteiger partial charge in [0, 0.05) is 28.2 Å². The highest BCUT2D eigenvalue weighted by Gasteiger charge is 2.13. The summed E-state index contributed by atoms with van der Waals surface area (Å²) in [5, 5.41) is 12.1. The molecular formula is C27H23N5O3. The Labute approximate surface area is 201 Å². The first-order chi connectivity index (χ1) is 17.2. The van der Waals surface area contributed by atoms with Crippen LogP contribution < -0.4 is 14.9 Å². The van der Waals surface area contributed by atoms with Gasteiger partial charge in [-0.15, -0.1) is 0 Å². The minimum atomic E-state index is -0.394. The smallest absolute Gasteiger partial charge is 0.289 e. The Bertz CT molecular complexity index is 1490. The quantitative estimate of drug-likeness (QED) is 0.224. The van der Waals surface area contributed by atoms with Crippen molar-refractivity contribution in [2.75, 3.05) is 7.11 Å². The Hall–Kier alpha value is -4.85. The molecule has 0 atom stereocenters. The predicted octanol–water partition coefficient (Wildman–Crippen LogP) is 4.91. The molecule has 0 fully saturated rings. The van der Waals surface area contributed by atoms with Crippen molar-refractivity contribution < 1.29 is 14.3 Å². The number of amides is 1. The Morgan fingerprint density at radius 2 is 1.86 bits per heavy atom. The fourth-order valence-corrected chi connectivity index (χ4v) is 3.69. The highest BCUT2D eigenvalue weighted by atomic mass is 16.5. The van der Waals surface area contributed by atoms with Gasteiger partial charge >= 0.3 is 0 Å². The summed E-state index contributed by atoms with van der Waals surface area (Å²) in [6, 6.07) is 25.0. The van der Waals surface area contributed by atoms with Crippen molar-refractivity contribution in [2.24, 2.45) is 5.10 Å². The lowest BCUT2D eigenvalue weighted by Gasteiger charge is -2.11. The topological polar surface area (TPSA) is 104 Å². The largest absolute Gasteiger partial charge is 0.493 e. The van der Waals surface area contributed by atoms with Crippen LogP contribution in [0.5, 0.6) is 11.5 Å². The van der Waals surface area contributed by atoms with Crippen molar-refractivity contribution in [1.29, 1.82) is 0 Å². The van der Waals surface area contributed by atoms with Crippen molar-refractivity contribution in [1.82, 2.24) is 20.6 Å². The van der Waals surface area contributed by atoms with E-state index in [0.29, 0.717) is 29.5 Å². The number of nitrogens with zero attached hydrogens (tertiary/aromatic N) is 2. The summed E-state index contributed by atoms with van der Waals surface area (Å²) in [6.45, 7) is 0.433. The number of aromatic nitrogens is 3. The van der Waals surface area contributed by atoms with E-state index >= 15 is 0 Å². The first-order valence-electron chi connectivity index (χ1n) is 11.0. The summed E-state index contributed by atoms with van der Waals surface area (Å²) >= 11 is 0. The molecule has 2 heterocycles. The molecule has 3 aromatic carbocycles. The van der Waals surface area contributed by atoms with E-state index in [-0.39, 0.29) is 0 Å². The first-order valence-corrected chi connectivity index (χ1v) is 11.0. The number of fused-ring (bicyclic) bond motifs is 1. The van der Waals surface area contributed by atoms with Crippen LogP contribution in [-0.4, -0.2) is 34.4 Å². The number of hydrogen-bond donors (Lipinski definition) is 3. The van der Waals surface area contributed by atoms with Gasteiger partial charge < -0.3 is 14.5 Å². The number of ether oxygens (including phenoxy) is 2. The number of nitrogens with one attached hydrogen (secondary N) is 3. The summed E-state index contributed by atoms with van der Waals surface area (Å²) in [7, 11) is 1.59. The van der Waals surface area contributed by atoms with Gasteiger partial charge in [-0.2, -0.15) is 10.2 Å². The fraction of sp³-hybridized carbons (Fsp3) is 0.0741. The Balaban J connectivity index is 1.25. The molecule has 0 aliphatic heterocycles. The van der Waals surface area contributed by atoms with Crippen molar-refractivity contribution in [3.05, 3.63) is 102 Å². The molecule has 8 heteroatoms. The van der Waals surface area contributed by atoms with Crippen LogP contribution in [0.4, 0.5) is 0 Å². The van der Waals surface area contributed by atoms with E-state index < -0.39 is 5.91 Å². The number of carbonyl (C=O) groups excluding carboxylic acids is 1. The molecule has 174 valence electrons. The van der Waals surface area contributed by atoms with Crippen LogP contribution in [0.3, 0.4) is 0 Å². The average Bonchev–Trinajstić information content (AvgIpc) is 3.56. The van der Waals surface area contributed by atoms with Crippen LogP contribution in [0.2, 0.25) is 0 Å². The third kappa shape index (κ3) is 4.91. The number of carbonyl (C=O) groups is 1. The fourth-order valence-electron chi connectivity index (χ4n) is 3.69. The van der Waals surface area contributed by atoms with Crippen LogP contribution in [0.25, 0.3) is 22.2 Å². The lowest BCUT2D eigenvalue weighted by atomic mass is 10.1. The molecule has 8 nitrogen and oxygen atoms in total. The molecule has 0 saturated heterocycles. The molecule has 0 unspecified atom stereocenters. The van der Waals surface area contributed by atoms with Crippen molar-refractivity contribution >= 4 is 23.0 Å². The molecule has 1 amide bonds. The first kappa shape index (κ1) is 22.0. The second-order valence-electron chi connectivity index (χ2n) is 7.80. The maximum absolute atomic E-state index is 12.5. The highest BCUT2D eigenvalue weighted by Crippen LogP contribution is 2.32. The van der Waals surface area contributed by atoms with E-state index in [0.717, 1.165) is 27.6 Å². The Kier molecular flexibility index (Phi) is 6.25. The van der Waals surface area contributed by atoms with Gasteiger partial charge in [-0.25, -0.2) is 5.43 Å². The Morgan fingerprint density at radius 1 is 1.03 bits per heavy atom. The monoisotopic (exact) mass is 465 g/mol. The molecule has 0 radical (unpaired) electrons.